The SMILES string of the molecule is O=S(=O)(O)c1ccc2cc(Oc3ccc4cc(S(=O)(=O)O)ccc4c3)ccc2c1. The molecule has 0 aromatic heterocycles. The normalized spacial score (nSPS) is 12.3. The van der Waals surface area contributed by atoms with Gasteiger partial charge < -0.3 is 4.74 Å². The first kappa shape index (κ1) is 19.3. The second-order valence-electron chi connectivity index (χ2n) is 6.39. The highest BCUT2D eigenvalue weighted by Crippen LogP contribution is 2.30. The summed E-state index contributed by atoms with van der Waals surface area (Å²) in [5.41, 5.74) is 0. The average Bonchev–Trinajstić information content (AvgIpc) is 2.65. The maximum Gasteiger partial charge on any atom is 0.294 e. The van der Waals surface area contributed by atoms with Crippen LogP contribution in [0.3, 0.4) is 0 Å². The highest BCUT2D eigenvalue weighted by Gasteiger charge is 2.11. The van der Waals surface area contributed by atoms with E-state index < -0.39 is 20.2 Å². The molecule has 0 saturated heterocycles. The summed E-state index contributed by atoms with van der Waals surface area (Å²) in [6, 6.07) is 18.7. The zero-order chi connectivity index (χ0) is 20.8. The van der Waals surface area contributed by atoms with Crippen molar-refractivity contribution < 1.29 is 30.7 Å². The summed E-state index contributed by atoms with van der Waals surface area (Å²) in [5.74, 6) is 1.04. The fraction of sp³-hybridized carbons (Fsp3) is 0. The molecule has 29 heavy (non-hydrogen) atoms. The van der Waals surface area contributed by atoms with Gasteiger partial charge in [0.15, 0.2) is 0 Å². The Labute approximate surface area is 166 Å². The summed E-state index contributed by atoms with van der Waals surface area (Å²) >= 11 is 0. The molecule has 2 N–H and O–H groups in total. The Bertz CT molecular complexity index is 1360. The van der Waals surface area contributed by atoms with E-state index in [1.54, 1.807) is 48.5 Å². The molecule has 0 bridgehead atoms. The van der Waals surface area contributed by atoms with Gasteiger partial charge in [-0.3, -0.25) is 9.11 Å². The molecular formula is C20H14O7S2. The lowest BCUT2D eigenvalue weighted by molar-refractivity contribution is 0.481. The Morgan fingerprint density at radius 3 is 1.24 bits per heavy atom. The molecule has 0 spiro atoms. The van der Waals surface area contributed by atoms with Gasteiger partial charge in [0.1, 0.15) is 11.5 Å². The summed E-state index contributed by atoms with van der Waals surface area (Å²) < 4.78 is 69.2. The smallest absolute Gasteiger partial charge is 0.294 e. The van der Waals surface area contributed by atoms with Crippen LogP contribution in [0.1, 0.15) is 0 Å². The molecule has 0 atom stereocenters. The van der Waals surface area contributed by atoms with Crippen molar-refractivity contribution in [1.29, 1.82) is 0 Å². The maximum atomic E-state index is 11.3. The first-order valence-electron chi connectivity index (χ1n) is 8.30. The van der Waals surface area contributed by atoms with Crippen LogP contribution in [0.25, 0.3) is 21.5 Å². The number of rotatable bonds is 4. The molecule has 4 rings (SSSR count). The van der Waals surface area contributed by atoms with Crippen LogP contribution in [0.15, 0.2) is 82.6 Å². The van der Waals surface area contributed by atoms with E-state index in [4.69, 9.17) is 13.8 Å². The van der Waals surface area contributed by atoms with Crippen molar-refractivity contribution in [3.05, 3.63) is 72.8 Å². The summed E-state index contributed by atoms with van der Waals surface area (Å²) in [6.07, 6.45) is 0. The topological polar surface area (TPSA) is 118 Å². The molecule has 0 unspecified atom stereocenters. The molecule has 0 heterocycles. The Morgan fingerprint density at radius 1 is 0.517 bits per heavy atom. The van der Waals surface area contributed by atoms with Gasteiger partial charge in [0, 0.05) is 0 Å². The summed E-state index contributed by atoms with van der Waals surface area (Å²) in [5, 5.41) is 2.72. The van der Waals surface area contributed by atoms with Crippen molar-refractivity contribution in [3.63, 3.8) is 0 Å². The molecule has 0 fully saturated rings. The van der Waals surface area contributed by atoms with Crippen LogP contribution in [0, 0.1) is 0 Å². The fourth-order valence-corrected chi connectivity index (χ4v) is 4.02. The third-order valence-corrected chi connectivity index (χ3v) is 6.10. The molecule has 0 radical (unpaired) electrons. The standard InChI is InChI=1S/C20H14O7S2/c21-28(22,23)19-7-3-13-9-17(5-1-15(13)11-19)27-18-6-2-16-12-20(29(24,25)26)8-4-14(16)10-18/h1-12H,(H,21,22,23)(H,24,25,26). The molecule has 0 aliphatic rings. The predicted octanol–water partition coefficient (Wildman–Crippen LogP) is 4.28. The van der Waals surface area contributed by atoms with Gasteiger partial charge in [-0.15, -0.1) is 0 Å². The van der Waals surface area contributed by atoms with Gasteiger partial charge in [-0.25, -0.2) is 0 Å². The highest BCUT2D eigenvalue weighted by molar-refractivity contribution is 7.86. The molecule has 4 aromatic rings. The first-order chi connectivity index (χ1) is 13.6. The molecule has 0 aliphatic carbocycles. The van der Waals surface area contributed by atoms with Crippen LogP contribution in [-0.2, 0) is 20.2 Å². The molecule has 0 saturated carbocycles. The van der Waals surface area contributed by atoms with Crippen LogP contribution in [0.2, 0.25) is 0 Å². The van der Waals surface area contributed by atoms with E-state index in [1.165, 1.54) is 24.3 Å². The lowest BCUT2D eigenvalue weighted by Gasteiger charge is -2.09. The fourth-order valence-electron chi connectivity index (χ4n) is 2.99. The number of ether oxygens (including phenoxy) is 1. The van der Waals surface area contributed by atoms with Crippen molar-refractivity contribution in [2.75, 3.05) is 0 Å². The molecule has 148 valence electrons. The van der Waals surface area contributed by atoms with Crippen molar-refractivity contribution >= 4 is 41.8 Å². The minimum Gasteiger partial charge on any atom is -0.457 e. The third-order valence-electron chi connectivity index (χ3n) is 4.40. The lowest BCUT2D eigenvalue weighted by Crippen LogP contribution is -1.97. The Balaban J connectivity index is 1.66. The second-order valence-corrected chi connectivity index (χ2v) is 9.24. The van der Waals surface area contributed by atoms with Crippen LogP contribution in [0.5, 0.6) is 11.5 Å². The molecule has 4 aromatic carbocycles. The zero-order valence-corrected chi connectivity index (χ0v) is 16.3. The maximum absolute atomic E-state index is 11.3. The molecule has 0 aliphatic heterocycles. The van der Waals surface area contributed by atoms with Gasteiger partial charge in [-0.05, 0) is 70.1 Å². The van der Waals surface area contributed by atoms with Crippen molar-refractivity contribution in [1.82, 2.24) is 0 Å². The van der Waals surface area contributed by atoms with Gasteiger partial charge in [-0.1, -0.05) is 24.3 Å². The number of benzene rings is 4. The molecular weight excluding hydrogens is 416 g/mol. The third kappa shape index (κ3) is 4.08. The number of hydrogen-bond acceptors (Lipinski definition) is 5. The van der Waals surface area contributed by atoms with Crippen LogP contribution in [-0.4, -0.2) is 25.9 Å². The van der Waals surface area contributed by atoms with Gasteiger partial charge in [-0.2, -0.15) is 16.8 Å². The van der Waals surface area contributed by atoms with Gasteiger partial charge >= 0.3 is 0 Å². The van der Waals surface area contributed by atoms with Gasteiger partial charge in [0.25, 0.3) is 20.2 Å². The van der Waals surface area contributed by atoms with Crippen LogP contribution in [0.4, 0.5) is 0 Å². The van der Waals surface area contributed by atoms with Gasteiger partial charge in [0.2, 0.25) is 0 Å². The first-order valence-corrected chi connectivity index (χ1v) is 11.2. The lowest BCUT2D eigenvalue weighted by atomic mass is 10.1. The Hall–Kier alpha value is -2.98. The average molecular weight is 430 g/mol. The minimum atomic E-state index is -4.27. The van der Waals surface area contributed by atoms with E-state index >= 15 is 0 Å². The van der Waals surface area contributed by atoms with Crippen molar-refractivity contribution in [2.24, 2.45) is 0 Å². The van der Waals surface area contributed by atoms with Crippen LogP contribution >= 0.6 is 0 Å². The largest absolute Gasteiger partial charge is 0.457 e. The zero-order valence-electron chi connectivity index (χ0n) is 14.7. The van der Waals surface area contributed by atoms with Crippen molar-refractivity contribution in [2.45, 2.75) is 9.79 Å². The van der Waals surface area contributed by atoms with E-state index in [0.717, 1.165) is 10.8 Å². The molecule has 9 heteroatoms. The Morgan fingerprint density at radius 2 is 0.862 bits per heavy atom. The van der Waals surface area contributed by atoms with E-state index in [2.05, 4.69) is 0 Å². The monoisotopic (exact) mass is 430 g/mol. The van der Waals surface area contributed by atoms with Crippen molar-refractivity contribution in [3.8, 4) is 11.5 Å². The molecule has 7 nitrogen and oxygen atoms in total. The van der Waals surface area contributed by atoms with E-state index in [0.29, 0.717) is 22.3 Å². The second kappa shape index (κ2) is 6.82. The summed E-state index contributed by atoms with van der Waals surface area (Å²) in [7, 11) is -8.54. The number of hydrogen-bond donors (Lipinski definition) is 2. The van der Waals surface area contributed by atoms with E-state index in [9.17, 15) is 16.8 Å². The highest BCUT2D eigenvalue weighted by atomic mass is 32.2. The van der Waals surface area contributed by atoms with Gasteiger partial charge in [0.05, 0.1) is 9.79 Å². The van der Waals surface area contributed by atoms with E-state index in [-0.39, 0.29) is 9.79 Å². The quantitative estimate of drug-likeness (QED) is 0.464. The van der Waals surface area contributed by atoms with E-state index in [1.807, 2.05) is 0 Å². The summed E-state index contributed by atoms with van der Waals surface area (Å²) in [4.78, 5) is -0.366. The molecule has 0 amide bonds. The number of fused-ring (bicyclic) bond motifs is 2. The Kier molecular flexibility index (Phi) is 4.55. The predicted molar refractivity (Wildman–Crippen MR) is 108 cm³/mol. The minimum absolute atomic E-state index is 0.183. The van der Waals surface area contributed by atoms with Crippen LogP contribution < -0.4 is 4.74 Å². The summed E-state index contributed by atoms with van der Waals surface area (Å²) in [6.45, 7) is 0.